The molecule has 7 nitrogen and oxygen atoms in total. The smallest absolute Gasteiger partial charge is 0.411 e. The van der Waals surface area contributed by atoms with Crippen molar-refractivity contribution in [3.8, 4) is 0 Å². The maximum absolute atomic E-state index is 12.0. The van der Waals surface area contributed by atoms with Gasteiger partial charge in [-0.1, -0.05) is 0 Å². The number of hydrogen-bond donors (Lipinski definition) is 1. The van der Waals surface area contributed by atoms with Crippen molar-refractivity contribution in [3.05, 3.63) is 0 Å². The maximum atomic E-state index is 12.0. The molecular weight excluding hydrogens is 252 g/mol. The van der Waals surface area contributed by atoms with Crippen LogP contribution in [-0.4, -0.2) is 63.7 Å². The summed E-state index contributed by atoms with van der Waals surface area (Å²) in [6.45, 7) is 5.44. The third-order valence-electron chi connectivity index (χ3n) is 3.30. The molecule has 2 saturated heterocycles. The summed E-state index contributed by atoms with van der Waals surface area (Å²) in [4.78, 5) is 37.4. The largest absolute Gasteiger partial charge is 0.465 e. The van der Waals surface area contributed by atoms with Gasteiger partial charge in [0.2, 0.25) is 0 Å². The monoisotopic (exact) mass is 270 g/mol. The molecule has 2 aliphatic rings. The van der Waals surface area contributed by atoms with Crippen LogP contribution in [0.2, 0.25) is 0 Å². The standard InChI is InChI=1S/C12H18N2O5/c1-12(2,3)19-11(18)14-6-8(15)9-7(14)4-5-13(9)10(16)17/h7,9H,4-6H2,1-3H3,(H,16,17). The molecule has 0 aliphatic carbocycles. The predicted octanol–water partition coefficient (Wildman–Crippen LogP) is 0.927. The number of carbonyl (C=O) groups is 3. The molecule has 0 radical (unpaired) electrons. The number of ketones is 1. The Bertz CT molecular complexity index is 428. The lowest BCUT2D eigenvalue weighted by Gasteiger charge is -2.27. The second-order valence-electron chi connectivity index (χ2n) is 5.85. The van der Waals surface area contributed by atoms with Crippen LogP contribution in [0.15, 0.2) is 0 Å². The zero-order valence-corrected chi connectivity index (χ0v) is 11.3. The van der Waals surface area contributed by atoms with Gasteiger partial charge in [0.15, 0.2) is 5.78 Å². The number of carboxylic acid groups (broad SMARTS) is 1. The fourth-order valence-electron chi connectivity index (χ4n) is 2.60. The molecule has 19 heavy (non-hydrogen) atoms. The van der Waals surface area contributed by atoms with Gasteiger partial charge in [-0.3, -0.25) is 14.6 Å². The number of rotatable bonds is 0. The second-order valence-corrected chi connectivity index (χ2v) is 5.85. The van der Waals surface area contributed by atoms with Crippen molar-refractivity contribution in [2.75, 3.05) is 13.1 Å². The third kappa shape index (κ3) is 2.50. The van der Waals surface area contributed by atoms with Gasteiger partial charge >= 0.3 is 12.2 Å². The summed E-state index contributed by atoms with van der Waals surface area (Å²) in [6, 6.07) is -1.12. The number of likely N-dealkylation sites (tertiary alicyclic amines) is 2. The quantitative estimate of drug-likeness (QED) is 0.707. The van der Waals surface area contributed by atoms with Crippen molar-refractivity contribution < 1.29 is 24.2 Å². The Labute approximate surface area is 111 Å². The number of hydrogen-bond acceptors (Lipinski definition) is 4. The number of Topliss-reactive ketones (excluding diaryl/α,β-unsaturated/α-hetero) is 1. The summed E-state index contributed by atoms with van der Waals surface area (Å²) in [7, 11) is 0. The van der Waals surface area contributed by atoms with Crippen LogP contribution in [0.1, 0.15) is 27.2 Å². The van der Waals surface area contributed by atoms with Gasteiger partial charge in [-0.25, -0.2) is 9.59 Å². The van der Waals surface area contributed by atoms with Crippen LogP contribution >= 0.6 is 0 Å². The molecule has 0 spiro atoms. The lowest BCUT2D eigenvalue weighted by Crippen LogP contribution is -2.44. The topological polar surface area (TPSA) is 87.2 Å². The Morgan fingerprint density at radius 1 is 1.32 bits per heavy atom. The lowest BCUT2D eigenvalue weighted by molar-refractivity contribution is -0.120. The molecule has 2 atom stereocenters. The van der Waals surface area contributed by atoms with E-state index < -0.39 is 29.9 Å². The first-order valence-corrected chi connectivity index (χ1v) is 6.22. The minimum atomic E-state index is -1.12. The zero-order chi connectivity index (χ0) is 14.4. The number of carbonyl (C=O) groups excluding carboxylic acids is 2. The molecule has 0 aromatic rings. The first-order chi connectivity index (χ1) is 8.70. The number of fused-ring (bicyclic) bond motifs is 1. The Kier molecular flexibility index (Phi) is 3.15. The maximum Gasteiger partial charge on any atom is 0.411 e. The van der Waals surface area contributed by atoms with Crippen LogP contribution in [-0.2, 0) is 9.53 Å². The van der Waals surface area contributed by atoms with E-state index in [4.69, 9.17) is 9.84 Å². The van der Waals surface area contributed by atoms with Crippen LogP contribution in [0.25, 0.3) is 0 Å². The Morgan fingerprint density at radius 3 is 2.47 bits per heavy atom. The van der Waals surface area contributed by atoms with Crippen molar-refractivity contribution in [1.82, 2.24) is 9.80 Å². The summed E-state index contributed by atoms with van der Waals surface area (Å²) in [5.41, 5.74) is -0.636. The zero-order valence-electron chi connectivity index (χ0n) is 11.3. The summed E-state index contributed by atoms with van der Waals surface area (Å²) in [5.74, 6) is -0.240. The van der Waals surface area contributed by atoms with E-state index >= 15 is 0 Å². The van der Waals surface area contributed by atoms with Gasteiger partial charge in [-0.05, 0) is 27.2 Å². The average Bonchev–Trinajstić information content (AvgIpc) is 2.77. The van der Waals surface area contributed by atoms with E-state index in [1.807, 2.05) is 0 Å². The van der Waals surface area contributed by atoms with Gasteiger partial charge < -0.3 is 9.84 Å². The molecule has 0 saturated carbocycles. The van der Waals surface area contributed by atoms with Crippen molar-refractivity contribution in [2.45, 2.75) is 44.9 Å². The molecule has 1 N–H and O–H groups in total. The Morgan fingerprint density at radius 2 is 1.95 bits per heavy atom. The molecule has 2 unspecified atom stereocenters. The SMILES string of the molecule is CC(C)(C)OC(=O)N1CC(=O)C2C1CCN2C(=O)O. The van der Waals surface area contributed by atoms with Crippen molar-refractivity contribution in [1.29, 1.82) is 0 Å². The molecule has 2 rings (SSSR count). The van der Waals surface area contributed by atoms with Gasteiger partial charge in [-0.15, -0.1) is 0 Å². The average molecular weight is 270 g/mol. The van der Waals surface area contributed by atoms with E-state index in [0.717, 1.165) is 4.90 Å². The van der Waals surface area contributed by atoms with Crippen molar-refractivity contribution in [2.24, 2.45) is 0 Å². The van der Waals surface area contributed by atoms with Crippen molar-refractivity contribution >= 4 is 18.0 Å². The van der Waals surface area contributed by atoms with Crippen LogP contribution < -0.4 is 0 Å². The van der Waals surface area contributed by atoms with Gasteiger partial charge in [0.1, 0.15) is 11.6 Å². The van der Waals surface area contributed by atoms with Crippen LogP contribution in [0.4, 0.5) is 9.59 Å². The molecule has 0 bridgehead atoms. The highest BCUT2D eigenvalue weighted by molar-refractivity contribution is 5.95. The van der Waals surface area contributed by atoms with Crippen LogP contribution in [0.3, 0.4) is 0 Å². The van der Waals surface area contributed by atoms with Gasteiger partial charge in [0, 0.05) is 6.54 Å². The first-order valence-electron chi connectivity index (χ1n) is 6.22. The van der Waals surface area contributed by atoms with Crippen LogP contribution in [0, 0.1) is 0 Å². The van der Waals surface area contributed by atoms with E-state index in [-0.39, 0.29) is 18.9 Å². The number of amides is 2. The lowest BCUT2D eigenvalue weighted by atomic mass is 10.1. The molecule has 0 aromatic carbocycles. The fraction of sp³-hybridized carbons (Fsp3) is 0.750. The van der Waals surface area contributed by atoms with E-state index in [0.29, 0.717) is 6.42 Å². The molecule has 2 heterocycles. The van der Waals surface area contributed by atoms with E-state index in [2.05, 4.69) is 0 Å². The van der Waals surface area contributed by atoms with E-state index in [9.17, 15) is 14.4 Å². The highest BCUT2D eigenvalue weighted by Gasteiger charge is 2.52. The molecule has 2 amide bonds. The number of ether oxygens (including phenoxy) is 1. The highest BCUT2D eigenvalue weighted by atomic mass is 16.6. The van der Waals surface area contributed by atoms with Crippen LogP contribution in [0.5, 0.6) is 0 Å². The van der Waals surface area contributed by atoms with Gasteiger partial charge in [0.25, 0.3) is 0 Å². The molecule has 7 heteroatoms. The van der Waals surface area contributed by atoms with Gasteiger partial charge in [-0.2, -0.15) is 0 Å². The highest BCUT2D eigenvalue weighted by Crippen LogP contribution is 2.30. The minimum Gasteiger partial charge on any atom is -0.465 e. The Balaban J connectivity index is 2.13. The normalized spacial score (nSPS) is 26.6. The van der Waals surface area contributed by atoms with Crippen molar-refractivity contribution in [3.63, 3.8) is 0 Å². The van der Waals surface area contributed by atoms with E-state index in [1.165, 1.54) is 4.90 Å². The second kappa shape index (κ2) is 4.40. The minimum absolute atomic E-state index is 0.0754. The summed E-state index contributed by atoms with van der Waals surface area (Å²) in [6.07, 6.45) is -1.20. The third-order valence-corrected chi connectivity index (χ3v) is 3.30. The van der Waals surface area contributed by atoms with Gasteiger partial charge in [0.05, 0.1) is 12.6 Å². The Hall–Kier alpha value is -1.79. The first kappa shape index (κ1) is 13.6. The summed E-state index contributed by atoms with van der Waals surface area (Å²) >= 11 is 0. The molecule has 106 valence electrons. The molecule has 0 aromatic heterocycles. The molecule has 2 fully saturated rings. The van der Waals surface area contributed by atoms with E-state index in [1.54, 1.807) is 20.8 Å². The molecular formula is C12H18N2O5. The predicted molar refractivity (Wildman–Crippen MR) is 64.9 cm³/mol. The molecule has 2 aliphatic heterocycles. The fourth-order valence-corrected chi connectivity index (χ4v) is 2.60. The number of nitrogens with zero attached hydrogens (tertiary/aromatic N) is 2. The summed E-state index contributed by atoms with van der Waals surface area (Å²) in [5, 5.41) is 9.03. The summed E-state index contributed by atoms with van der Waals surface area (Å²) < 4.78 is 5.24.